The number of aryl methyl sites for hydroxylation is 2. The molecule has 2 aromatic rings. The Kier molecular flexibility index (Phi) is 2.09. The number of phosphoric ester groups is 2. The van der Waals surface area contributed by atoms with Crippen molar-refractivity contribution in [2.45, 2.75) is 12.8 Å². The summed E-state index contributed by atoms with van der Waals surface area (Å²) in [5.74, 6) is 0.768. The Hall–Kier alpha value is -2.30. The number of hydrogen-bond donors (Lipinski definition) is 0. The van der Waals surface area contributed by atoms with Gasteiger partial charge in [0.25, 0.3) is 0 Å². The summed E-state index contributed by atoms with van der Waals surface area (Å²) in [6.45, 7) is 0. The normalized spacial score (nSPS) is 29.5. The van der Waals surface area contributed by atoms with Gasteiger partial charge in [0.1, 0.15) is 0 Å². The van der Waals surface area contributed by atoms with Gasteiger partial charge in [0.2, 0.25) is 11.5 Å². The predicted octanol–water partition coefficient (Wildman–Crippen LogP) is 4.02. The maximum Gasteiger partial charge on any atom is 0.647 e. The molecule has 2 aromatic carbocycles. The van der Waals surface area contributed by atoms with Crippen molar-refractivity contribution in [3.05, 3.63) is 35.4 Å². The molecule has 5 heterocycles. The minimum atomic E-state index is -3.98. The molecule has 7 rings (SSSR count). The van der Waals surface area contributed by atoms with Crippen LogP contribution in [-0.2, 0) is 22.0 Å². The zero-order valence-electron chi connectivity index (χ0n) is 11.9. The van der Waals surface area contributed by atoms with Crippen molar-refractivity contribution in [3.8, 4) is 34.5 Å². The molecular weight excluding hydrogens is 358 g/mol. The molecule has 0 fully saturated rings. The van der Waals surface area contributed by atoms with Crippen LogP contribution in [-0.4, -0.2) is 0 Å². The second-order valence-corrected chi connectivity index (χ2v) is 8.59. The molecule has 0 N–H and O–H groups in total. The molecule has 8 nitrogen and oxygen atoms in total. The summed E-state index contributed by atoms with van der Waals surface area (Å²) in [6, 6.07) is 6.68. The highest BCUT2D eigenvalue weighted by Crippen LogP contribution is 2.70. The van der Waals surface area contributed by atoms with Gasteiger partial charge in [-0.2, -0.15) is 9.13 Å². The Morgan fingerprint density at radius 2 is 1.00 bits per heavy atom. The lowest BCUT2D eigenvalue weighted by Gasteiger charge is -2.29. The van der Waals surface area contributed by atoms with Crippen LogP contribution in [0.5, 0.6) is 34.5 Å². The molecule has 2 unspecified atom stereocenters. The minimum absolute atomic E-state index is 0.0469. The third kappa shape index (κ3) is 1.55. The monoisotopic (exact) mass is 366 g/mol. The molecule has 2 atom stereocenters. The number of hydrogen-bond acceptors (Lipinski definition) is 8. The van der Waals surface area contributed by atoms with E-state index in [0.717, 1.165) is 11.1 Å². The van der Waals surface area contributed by atoms with Crippen LogP contribution < -0.4 is 27.1 Å². The van der Waals surface area contributed by atoms with Gasteiger partial charge in [-0.1, -0.05) is 12.1 Å². The third-order valence-corrected chi connectivity index (χ3v) is 6.68. The molecule has 8 bridgehead atoms. The van der Waals surface area contributed by atoms with Gasteiger partial charge < -0.3 is 27.1 Å². The van der Waals surface area contributed by atoms with Gasteiger partial charge in [-0.15, -0.1) is 0 Å². The molecule has 0 radical (unpaired) electrons. The Morgan fingerprint density at radius 1 is 0.583 bits per heavy atom. The van der Waals surface area contributed by atoms with E-state index in [2.05, 4.69) is 0 Å². The van der Waals surface area contributed by atoms with Crippen LogP contribution in [0.4, 0.5) is 0 Å². The smallest absolute Gasteiger partial charge is 0.382 e. The fourth-order valence-electron chi connectivity index (χ4n) is 3.15. The molecule has 5 aliphatic heterocycles. The lowest BCUT2D eigenvalue weighted by molar-refractivity contribution is 0.254. The van der Waals surface area contributed by atoms with Crippen molar-refractivity contribution in [2.24, 2.45) is 0 Å². The summed E-state index contributed by atoms with van der Waals surface area (Å²) in [6.07, 6.45) is 1.16. The Morgan fingerprint density at radius 3 is 1.50 bits per heavy atom. The van der Waals surface area contributed by atoms with E-state index in [9.17, 15) is 9.13 Å². The van der Waals surface area contributed by atoms with E-state index in [-0.39, 0.29) is 34.5 Å². The highest BCUT2D eigenvalue weighted by atomic mass is 31.2. The zero-order valence-corrected chi connectivity index (χ0v) is 13.7. The summed E-state index contributed by atoms with van der Waals surface area (Å²) < 4.78 is 58.8. The van der Waals surface area contributed by atoms with Crippen LogP contribution in [0.2, 0.25) is 0 Å². The fourth-order valence-corrected chi connectivity index (χ4v) is 5.78. The van der Waals surface area contributed by atoms with E-state index < -0.39 is 15.6 Å². The Labute approximate surface area is 135 Å². The molecule has 5 aliphatic rings. The van der Waals surface area contributed by atoms with Crippen LogP contribution in [0.25, 0.3) is 0 Å². The van der Waals surface area contributed by atoms with Crippen LogP contribution in [0.3, 0.4) is 0 Å². The molecule has 0 amide bonds. The van der Waals surface area contributed by atoms with Gasteiger partial charge in [0, 0.05) is 0 Å². The van der Waals surface area contributed by atoms with Gasteiger partial charge in [-0.3, -0.25) is 0 Å². The van der Waals surface area contributed by atoms with Crippen molar-refractivity contribution < 1.29 is 36.3 Å². The van der Waals surface area contributed by atoms with E-state index >= 15 is 0 Å². The average molecular weight is 366 g/mol. The summed E-state index contributed by atoms with van der Waals surface area (Å²) >= 11 is 0. The van der Waals surface area contributed by atoms with Crippen molar-refractivity contribution in [2.75, 3.05) is 0 Å². The van der Waals surface area contributed by atoms with Gasteiger partial charge in [0.15, 0.2) is 23.0 Å². The standard InChI is InChI=1S/C14H8O8P2/c15-23-17-9-5-3-7-1-2-8-4-6-10(18-23)14-12(8)20-24(16,22-14)21-13(9)11(7)19-23/h3-6H,1-2H2. The van der Waals surface area contributed by atoms with Crippen molar-refractivity contribution in [1.82, 2.24) is 0 Å². The summed E-state index contributed by atoms with van der Waals surface area (Å²) in [4.78, 5) is 0. The van der Waals surface area contributed by atoms with Crippen LogP contribution in [0.1, 0.15) is 11.1 Å². The lowest BCUT2D eigenvalue weighted by Crippen LogP contribution is -2.16. The van der Waals surface area contributed by atoms with Crippen LogP contribution in [0.15, 0.2) is 24.3 Å². The van der Waals surface area contributed by atoms with E-state index in [1.165, 1.54) is 0 Å². The predicted molar refractivity (Wildman–Crippen MR) is 79.3 cm³/mol. The topological polar surface area (TPSA) is 89.5 Å². The quantitative estimate of drug-likeness (QED) is 0.646. The first-order valence-corrected chi connectivity index (χ1v) is 10.1. The molecule has 24 heavy (non-hydrogen) atoms. The first-order valence-electron chi connectivity index (χ1n) is 7.21. The maximum atomic E-state index is 12.9. The molecule has 0 saturated heterocycles. The van der Waals surface area contributed by atoms with Crippen molar-refractivity contribution in [1.29, 1.82) is 0 Å². The van der Waals surface area contributed by atoms with E-state index in [1.54, 1.807) is 24.3 Å². The number of rotatable bonds is 0. The molecule has 0 saturated carbocycles. The van der Waals surface area contributed by atoms with Crippen molar-refractivity contribution >= 4 is 15.6 Å². The molecule has 0 aromatic heterocycles. The summed E-state index contributed by atoms with van der Waals surface area (Å²) in [5, 5.41) is 0. The fraction of sp³-hybridized carbons (Fsp3) is 0.143. The van der Waals surface area contributed by atoms with Gasteiger partial charge >= 0.3 is 15.6 Å². The highest BCUT2D eigenvalue weighted by molar-refractivity contribution is 7.51. The summed E-state index contributed by atoms with van der Waals surface area (Å²) in [7, 11) is -7.95. The number of phosphoric acid groups is 2. The van der Waals surface area contributed by atoms with Gasteiger partial charge in [0.05, 0.1) is 0 Å². The largest absolute Gasteiger partial charge is 0.647 e. The second kappa shape index (κ2) is 3.85. The van der Waals surface area contributed by atoms with E-state index in [1.807, 2.05) is 0 Å². The Balaban J connectivity index is 1.77. The maximum absolute atomic E-state index is 12.9. The first-order chi connectivity index (χ1) is 11.5. The van der Waals surface area contributed by atoms with Crippen LogP contribution in [0, 0.1) is 0 Å². The van der Waals surface area contributed by atoms with E-state index in [0.29, 0.717) is 12.8 Å². The molecule has 0 spiro atoms. The lowest BCUT2D eigenvalue weighted by atomic mass is 10.0. The van der Waals surface area contributed by atoms with Crippen molar-refractivity contribution in [3.63, 3.8) is 0 Å². The van der Waals surface area contributed by atoms with Gasteiger partial charge in [-0.05, 0) is 36.1 Å². The Bertz CT molecular complexity index is 1050. The third-order valence-electron chi connectivity index (χ3n) is 4.21. The van der Waals surface area contributed by atoms with E-state index in [4.69, 9.17) is 27.1 Å². The SMILES string of the molecule is O=P12Oc3ccc4c(c3OP3(=O)Oc5c(ccc(c5O3)O1)CC4)O2. The minimum Gasteiger partial charge on any atom is -0.382 e. The van der Waals surface area contributed by atoms with Crippen LogP contribution >= 0.6 is 15.6 Å². The van der Waals surface area contributed by atoms with Gasteiger partial charge in [-0.25, -0.2) is 0 Å². The average Bonchev–Trinajstić information content (AvgIpc) is 2.86. The molecular formula is C14H8O8P2. The number of benzene rings is 2. The second-order valence-electron chi connectivity index (χ2n) is 5.70. The zero-order chi connectivity index (χ0) is 16.1. The molecule has 0 aliphatic carbocycles. The molecule has 122 valence electrons. The molecule has 10 heteroatoms. The summed E-state index contributed by atoms with van der Waals surface area (Å²) in [5.41, 5.74) is 1.53. The highest BCUT2D eigenvalue weighted by Gasteiger charge is 2.52. The first kappa shape index (κ1) is 13.0.